The van der Waals surface area contributed by atoms with Crippen molar-refractivity contribution in [1.29, 1.82) is 0 Å². The topological polar surface area (TPSA) is 58.2 Å². The van der Waals surface area contributed by atoms with Crippen molar-refractivity contribution in [3.8, 4) is 0 Å². The van der Waals surface area contributed by atoms with Gasteiger partial charge in [0.1, 0.15) is 0 Å². The summed E-state index contributed by atoms with van der Waals surface area (Å²) in [6.45, 7) is 0. The molecular weight excluding hydrogens is 397 g/mol. The summed E-state index contributed by atoms with van der Waals surface area (Å²) in [6, 6.07) is 9.73. The zero-order chi connectivity index (χ0) is 19.5. The maximum atomic E-state index is 12.8. The van der Waals surface area contributed by atoms with Crippen molar-refractivity contribution in [2.45, 2.75) is 50.1 Å². The molecule has 147 valence electrons. The van der Waals surface area contributed by atoms with Crippen LogP contribution in [0.5, 0.6) is 0 Å². The van der Waals surface area contributed by atoms with Crippen LogP contribution in [0.3, 0.4) is 0 Å². The number of rotatable bonds is 6. The van der Waals surface area contributed by atoms with E-state index in [4.69, 9.17) is 0 Å². The molecule has 1 radical (unpaired) electrons. The fourth-order valence-corrected chi connectivity index (χ4v) is 4.49. The molecule has 0 bridgehead atoms. The Bertz CT molecular complexity index is 859. The molecule has 3 rings (SSSR count). The number of alkyl halides is 3. The van der Waals surface area contributed by atoms with Crippen LogP contribution in [0.2, 0.25) is 0 Å². The number of sulfonamides is 1. The number of halogens is 3. The van der Waals surface area contributed by atoms with E-state index in [1.807, 2.05) is 17.5 Å². The van der Waals surface area contributed by atoms with Crippen LogP contribution in [-0.4, -0.2) is 20.0 Å². The Balaban J connectivity index is 1.95. The van der Waals surface area contributed by atoms with Gasteiger partial charge in [0, 0.05) is 34.7 Å². The maximum absolute atomic E-state index is 12.8. The summed E-state index contributed by atoms with van der Waals surface area (Å²) in [7, 11) is -5.49. The van der Waals surface area contributed by atoms with Crippen molar-refractivity contribution in [2.24, 2.45) is 0 Å². The van der Waals surface area contributed by atoms with E-state index in [-0.39, 0.29) is 11.7 Å². The Labute approximate surface area is 160 Å². The molecule has 0 unspecified atom stereocenters. The summed E-state index contributed by atoms with van der Waals surface area (Å²) in [5, 5.41) is 5.23. The second kappa shape index (κ2) is 8.10. The fourth-order valence-electron chi connectivity index (χ4n) is 3.18. The van der Waals surface area contributed by atoms with Crippen LogP contribution >= 0.6 is 11.3 Å². The highest BCUT2D eigenvalue weighted by molar-refractivity contribution is 7.93. The number of benzene rings is 1. The maximum Gasteiger partial charge on any atom is 0.516 e. The first-order valence-electron chi connectivity index (χ1n) is 8.68. The highest BCUT2D eigenvalue weighted by Crippen LogP contribution is 2.33. The van der Waals surface area contributed by atoms with Gasteiger partial charge in [-0.1, -0.05) is 31.4 Å². The fraction of sp³-hybridized carbons (Fsp3) is 0.444. The lowest BCUT2D eigenvalue weighted by molar-refractivity contribution is -0.0429. The van der Waals surface area contributed by atoms with Gasteiger partial charge < -0.3 is 5.32 Å². The van der Waals surface area contributed by atoms with Gasteiger partial charge in [-0.05, 0) is 30.4 Å². The number of anilines is 2. The van der Waals surface area contributed by atoms with Gasteiger partial charge in [-0.3, -0.25) is 4.72 Å². The molecule has 2 aromatic rings. The standard InChI is InChI=1S/C18H20F3N2O2S2/c19-18(20,21)27(24,25)23-17-10-4-9-16(22-13-6-2-1-3-7-13)15(17)12-14-8-5-11-26-14/h4-5,8,10-11,13,22-23H,1-3,6-7,12H2. The molecule has 1 fully saturated rings. The van der Waals surface area contributed by atoms with Gasteiger partial charge >= 0.3 is 15.5 Å². The molecule has 1 saturated carbocycles. The second-order valence-corrected chi connectivity index (χ2v) is 9.24. The summed E-state index contributed by atoms with van der Waals surface area (Å²) in [6.07, 6.45) is 5.64. The predicted octanol–water partition coefficient (Wildman–Crippen LogP) is 5.15. The Hall–Kier alpha value is -1.74. The summed E-state index contributed by atoms with van der Waals surface area (Å²) < 4.78 is 63.4. The van der Waals surface area contributed by atoms with E-state index in [9.17, 15) is 21.6 Å². The predicted molar refractivity (Wildman–Crippen MR) is 101 cm³/mol. The minimum Gasteiger partial charge on any atom is -0.382 e. The van der Waals surface area contributed by atoms with Crippen molar-refractivity contribution >= 4 is 32.7 Å². The average molecular weight is 417 g/mol. The van der Waals surface area contributed by atoms with Gasteiger partial charge in [-0.2, -0.15) is 21.6 Å². The molecule has 1 aromatic carbocycles. The van der Waals surface area contributed by atoms with E-state index in [0.29, 0.717) is 17.7 Å². The first kappa shape index (κ1) is 20.0. The highest BCUT2D eigenvalue weighted by Gasteiger charge is 2.46. The largest absolute Gasteiger partial charge is 0.516 e. The first-order valence-corrected chi connectivity index (χ1v) is 11.0. The van der Waals surface area contributed by atoms with E-state index in [1.165, 1.54) is 29.9 Å². The van der Waals surface area contributed by atoms with Crippen LogP contribution in [0.15, 0.2) is 29.6 Å². The quantitative estimate of drug-likeness (QED) is 0.684. The summed E-state index contributed by atoms with van der Waals surface area (Å²) in [4.78, 5) is 0.925. The van der Waals surface area contributed by atoms with Crippen LogP contribution in [-0.2, 0) is 16.4 Å². The highest BCUT2D eigenvalue weighted by atomic mass is 32.2. The number of thiophene rings is 1. The first-order chi connectivity index (χ1) is 12.8. The lowest BCUT2D eigenvalue weighted by Gasteiger charge is -2.26. The molecule has 9 heteroatoms. The van der Waals surface area contributed by atoms with Crippen molar-refractivity contribution in [3.63, 3.8) is 0 Å². The average Bonchev–Trinajstić information content (AvgIpc) is 3.10. The molecule has 0 spiro atoms. The monoisotopic (exact) mass is 417 g/mol. The molecular formula is C18H20F3N2O2S2. The molecule has 1 aliphatic rings. The van der Waals surface area contributed by atoms with Crippen LogP contribution in [0.1, 0.15) is 42.5 Å². The molecule has 2 N–H and O–H groups in total. The zero-order valence-electron chi connectivity index (χ0n) is 14.5. The molecule has 0 aliphatic heterocycles. The van der Waals surface area contributed by atoms with Gasteiger partial charge in [0.05, 0.1) is 5.69 Å². The summed E-state index contributed by atoms with van der Waals surface area (Å²) in [5.74, 6) is 0. The lowest BCUT2D eigenvalue weighted by Crippen LogP contribution is -2.30. The van der Waals surface area contributed by atoms with Crippen molar-refractivity contribution in [2.75, 3.05) is 10.0 Å². The van der Waals surface area contributed by atoms with Gasteiger partial charge in [-0.15, -0.1) is 11.3 Å². The van der Waals surface area contributed by atoms with Crippen molar-refractivity contribution in [3.05, 3.63) is 46.2 Å². The molecule has 4 nitrogen and oxygen atoms in total. The van der Waals surface area contributed by atoms with Crippen molar-refractivity contribution < 1.29 is 21.6 Å². The van der Waals surface area contributed by atoms with Crippen LogP contribution < -0.4 is 10.0 Å². The van der Waals surface area contributed by atoms with Gasteiger partial charge in [0.25, 0.3) is 0 Å². The van der Waals surface area contributed by atoms with E-state index in [0.717, 1.165) is 30.6 Å². The smallest absolute Gasteiger partial charge is 0.382 e. The van der Waals surface area contributed by atoms with Crippen LogP contribution in [0.4, 0.5) is 24.5 Å². The van der Waals surface area contributed by atoms with E-state index in [1.54, 1.807) is 4.72 Å². The Morgan fingerprint density at radius 2 is 1.93 bits per heavy atom. The SMILES string of the molecule is O=S(=O)(Nc1cc[c]c(NC2CCCCC2)c1Cc1cccs1)C(F)(F)F. The Morgan fingerprint density at radius 3 is 2.56 bits per heavy atom. The Morgan fingerprint density at radius 1 is 1.19 bits per heavy atom. The molecule has 1 aromatic heterocycles. The number of nitrogens with one attached hydrogen (secondary N) is 2. The third kappa shape index (κ3) is 4.95. The molecule has 27 heavy (non-hydrogen) atoms. The van der Waals surface area contributed by atoms with Gasteiger partial charge in [0.2, 0.25) is 0 Å². The summed E-state index contributed by atoms with van der Waals surface area (Å²) >= 11 is 1.46. The summed E-state index contributed by atoms with van der Waals surface area (Å²) in [5.41, 5.74) is -4.42. The lowest BCUT2D eigenvalue weighted by atomic mass is 9.94. The van der Waals surface area contributed by atoms with E-state index in [2.05, 4.69) is 11.4 Å². The molecule has 1 heterocycles. The second-order valence-electron chi connectivity index (χ2n) is 6.53. The molecule has 0 saturated heterocycles. The minimum absolute atomic E-state index is 0.0715. The van der Waals surface area contributed by atoms with Crippen LogP contribution in [0.25, 0.3) is 0 Å². The number of hydrogen-bond donors (Lipinski definition) is 2. The number of hydrogen-bond acceptors (Lipinski definition) is 4. The minimum atomic E-state index is -5.49. The normalized spacial score (nSPS) is 16.3. The molecule has 1 aliphatic carbocycles. The van der Waals surface area contributed by atoms with Crippen molar-refractivity contribution in [1.82, 2.24) is 0 Å². The third-order valence-electron chi connectivity index (χ3n) is 4.54. The third-order valence-corrected chi connectivity index (χ3v) is 6.51. The molecule has 0 atom stereocenters. The Kier molecular flexibility index (Phi) is 6.00. The van der Waals surface area contributed by atoms with E-state index >= 15 is 0 Å². The van der Waals surface area contributed by atoms with Crippen LogP contribution in [0, 0.1) is 6.07 Å². The van der Waals surface area contributed by atoms with E-state index < -0.39 is 15.5 Å². The molecule has 0 amide bonds. The van der Waals surface area contributed by atoms with Gasteiger partial charge in [-0.25, -0.2) is 0 Å². The zero-order valence-corrected chi connectivity index (χ0v) is 16.1. The van der Waals surface area contributed by atoms with Gasteiger partial charge in [0.15, 0.2) is 0 Å².